The van der Waals surface area contributed by atoms with Crippen LogP contribution in [0.1, 0.15) is 96.9 Å². The SMILES string of the molecule is Cc1cn(-c2ccc(C=O)c3c2CC3)cn1.Cc1cn(-c2ccc(C=O)c3c2OCC3)cn1.Cc1cn(-c2ccc(C=O)c3cnoc23)cn1.Cc1cn(-c2ccc(C=O)c3cnoc23)cn1.Cc1cn(-c2ccc(C=O)c3ncsc23)cn1. The zero-order valence-corrected chi connectivity index (χ0v) is 46.8. The number of rotatable bonds is 10. The van der Waals surface area contributed by atoms with Gasteiger partial charge in [-0.25, -0.2) is 29.9 Å². The standard InChI is InChI=1S/C13H12N2O2.C13H12N2O.2C12H9N3O2.C12H9N3OS/c1-9-6-15(8-14-9)12-3-2-10(7-16)11-4-5-17-13(11)12;1-9-6-15(8-14-9)13-5-2-10(7-16)11-3-4-12(11)13;2*1-8-5-15(7-13-8)11-3-2-9(6-16)10-4-14-17-12(10)11;1-8-4-15(6-13-8)10-3-2-9(5-16)11-12(10)17-7-14-11/h2-3,6-8H,4-5H2,1H3;2,5-8H,3-4H2,1H3;3*2-7H,1H3. The number of ether oxygens (including phenoxy) is 1. The number of hydrogen-bond donors (Lipinski definition) is 0. The van der Waals surface area contributed by atoms with Gasteiger partial charge in [0.25, 0.3) is 0 Å². The number of imidazole rings is 5. The average Bonchev–Trinajstić information content (AvgIpc) is 4.16. The topological polar surface area (TPSA) is 249 Å². The highest BCUT2D eigenvalue weighted by Crippen LogP contribution is 2.35. The second-order valence-corrected chi connectivity index (χ2v) is 20.5. The molecule has 0 N–H and O–H groups in total. The summed E-state index contributed by atoms with van der Waals surface area (Å²) in [6, 6.07) is 18.5. The van der Waals surface area contributed by atoms with Crippen LogP contribution in [0, 0.1) is 34.6 Å². The van der Waals surface area contributed by atoms with Crippen molar-refractivity contribution < 1.29 is 37.8 Å². The van der Waals surface area contributed by atoms with E-state index in [-0.39, 0.29) is 0 Å². The maximum atomic E-state index is 10.9. The summed E-state index contributed by atoms with van der Waals surface area (Å²) in [4.78, 5) is 79.6. The van der Waals surface area contributed by atoms with E-state index < -0.39 is 0 Å². The minimum Gasteiger partial charge on any atom is -0.491 e. The molecule has 418 valence electrons. The first kappa shape index (κ1) is 55.1. The lowest BCUT2D eigenvalue weighted by Gasteiger charge is -2.24. The lowest BCUT2D eigenvalue weighted by atomic mass is 9.83. The molecule has 15 rings (SSSR count). The van der Waals surface area contributed by atoms with E-state index in [2.05, 4.69) is 40.2 Å². The summed E-state index contributed by atoms with van der Waals surface area (Å²) in [6.45, 7) is 10.3. The van der Waals surface area contributed by atoms with Crippen molar-refractivity contribution in [3.63, 3.8) is 0 Å². The molecular weight excluding hydrogens is 1090 g/mol. The van der Waals surface area contributed by atoms with Gasteiger partial charge in [-0.05, 0) is 119 Å². The Bertz CT molecular complexity index is 4300. The number of benzene rings is 5. The summed E-state index contributed by atoms with van der Waals surface area (Å²) in [5.74, 6) is 0.812. The molecule has 0 fully saturated rings. The van der Waals surface area contributed by atoms with Crippen LogP contribution >= 0.6 is 11.3 Å². The fourth-order valence-electron chi connectivity index (χ4n) is 9.88. The van der Waals surface area contributed by atoms with Crippen molar-refractivity contribution in [2.24, 2.45) is 0 Å². The van der Waals surface area contributed by atoms with Crippen LogP contribution in [0.25, 0.3) is 60.6 Å². The Balaban J connectivity index is 0.000000110. The quantitative estimate of drug-likeness (QED) is 0.115. The van der Waals surface area contributed by atoms with Crippen LogP contribution in [0.3, 0.4) is 0 Å². The zero-order valence-electron chi connectivity index (χ0n) is 46.0. The fraction of sp³-hybridized carbons (Fsp3) is 0.145. The molecule has 0 unspecified atom stereocenters. The lowest BCUT2D eigenvalue weighted by molar-refractivity contribution is 0.111. The van der Waals surface area contributed by atoms with Crippen molar-refractivity contribution in [1.29, 1.82) is 0 Å². The van der Waals surface area contributed by atoms with Crippen LogP contribution < -0.4 is 4.74 Å². The first-order valence-corrected chi connectivity index (χ1v) is 27.2. The van der Waals surface area contributed by atoms with Gasteiger partial charge in [-0.15, -0.1) is 11.3 Å². The van der Waals surface area contributed by atoms with E-state index in [1.165, 1.54) is 22.5 Å². The van der Waals surface area contributed by atoms with Gasteiger partial charge in [-0.2, -0.15) is 0 Å². The van der Waals surface area contributed by atoms with Crippen molar-refractivity contribution in [3.8, 4) is 34.2 Å². The Morgan fingerprint density at radius 1 is 0.417 bits per heavy atom. The number of carbonyl (C=O) groups excluding carboxylic acids is 5. The summed E-state index contributed by atoms with van der Waals surface area (Å²) < 4.78 is 26.6. The summed E-state index contributed by atoms with van der Waals surface area (Å²) in [6.07, 6.45) is 28.7. The van der Waals surface area contributed by atoms with Crippen molar-refractivity contribution in [3.05, 3.63) is 214 Å². The van der Waals surface area contributed by atoms with Crippen LogP contribution in [0.4, 0.5) is 0 Å². The Morgan fingerprint density at radius 2 is 0.810 bits per heavy atom. The number of aldehydes is 5. The molecular formula is C62H51N13O8S. The molecule has 0 saturated heterocycles. The largest absolute Gasteiger partial charge is 0.491 e. The molecule has 0 bridgehead atoms. The Hall–Kier alpha value is -10.9. The number of fused-ring (bicyclic) bond motifs is 5. The van der Waals surface area contributed by atoms with E-state index in [9.17, 15) is 24.0 Å². The van der Waals surface area contributed by atoms with Gasteiger partial charge in [-0.3, -0.25) is 24.0 Å². The molecule has 9 heterocycles. The minimum atomic E-state index is 0.571. The van der Waals surface area contributed by atoms with Gasteiger partial charge in [0.15, 0.2) is 30.0 Å². The maximum Gasteiger partial charge on any atom is 0.191 e. The van der Waals surface area contributed by atoms with Crippen molar-refractivity contribution >= 4 is 74.9 Å². The van der Waals surface area contributed by atoms with E-state index in [0.717, 1.165) is 140 Å². The zero-order chi connectivity index (χ0) is 58.4. The van der Waals surface area contributed by atoms with Crippen LogP contribution in [0.2, 0.25) is 0 Å². The third-order valence-corrected chi connectivity index (χ3v) is 14.9. The molecule has 0 saturated carbocycles. The summed E-state index contributed by atoms with van der Waals surface area (Å²) in [5.41, 5.74) is 20.0. The number of carbonyl (C=O) groups is 5. The normalized spacial score (nSPS) is 11.8. The van der Waals surface area contributed by atoms with Crippen molar-refractivity contribution in [1.82, 2.24) is 63.1 Å². The van der Waals surface area contributed by atoms with E-state index in [1.807, 2.05) is 137 Å². The molecule has 0 atom stereocenters. The summed E-state index contributed by atoms with van der Waals surface area (Å²) in [5, 5.41) is 8.89. The average molecular weight is 1140 g/mol. The molecule has 0 spiro atoms. The minimum absolute atomic E-state index is 0.571. The van der Waals surface area contributed by atoms with Crippen LogP contribution in [0.15, 0.2) is 150 Å². The monoisotopic (exact) mass is 1140 g/mol. The smallest absolute Gasteiger partial charge is 0.191 e. The highest BCUT2D eigenvalue weighted by molar-refractivity contribution is 7.17. The van der Waals surface area contributed by atoms with Gasteiger partial charge < -0.3 is 36.6 Å². The molecule has 13 aromatic rings. The number of nitrogens with zero attached hydrogens (tertiary/aromatic N) is 13. The predicted molar refractivity (Wildman–Crippen MR) is 313 cm³/mol. The van der Waals surface area contributed by atoms with E-state index >= 15 is 0 Å². The van der Waals surface area contributed by atoms with Gasteiger partial charge >= 0.3 is 0 Å². The van der Waals surface area contributed by atoms with E-state index in [4.69, 9.17) is 13.8 Å². The molecule has 2 aliphatic rings. The molecule has 84 heavy (non-hydrogen) atoms. The molecule has 0 radical (unpaired) electrons. The van der Waals surface area contributed by atoms with E-state index in [1.54, 1.807) is 61.4 Å². The van der Waals surface area contributed by atoms with Crippen LogP contribution in [0.5, 0.6) is 5.75 Å². The Kier molecular flexibility index (Phi) is 15.8. The summed E-state index contributed by atoms with van der Waals surface area (Å²) >= 11 is 1.53. The first-order chi connectivity index (χ1) is 41.0. The Morgan fingerprint density at radius 3 is 1.26 bits per heavy atom. The van der Waals surface area contributed by atoms with Crippen molar-refractivity contribution in [2.75, 3.05) is 6.61 Å². The molecule has 21 nitrogen and oxygen atoms in total. The number of thiazole rings is 1. The van der Waals surface area contributed by atoms with Gasteiger partial charge in [0.05, 0.1) is 128 Å². The fourth-order valence-corrected chi connectivity index (χ4v) is 10.7. The highest BCUT2D eigenvalue weighted by Gasteiger charge is 2.23. The van der Waals surface area contributed by atoms with Crippen LogP contribution in [-0.2, 0) is 19.3 Å². The van der Waals surface area contributed by atoms with E-state index in [0.29, 0.717) is 45.2 Å². The van der Waals surface area contributed by atoms with Gasteiger partial charge in [-0.1, -0.05) is 10.3 Å². The number of aryl methyl sites for hydroxylation is 5. The van der Waals surface area contributed by atoms with Crippen molar-refractivity contribution in [2.45, 2.75) is 53.9 Å². The molecule has 5 aromatic carbocycles. The summed E-state index contributed by atoms with van der Waals surface area (Å²) in [7, 11) is 0. The number of aromatic nitrogens is 13. The number of hydrogen-bond acceptors (Lipinski definition) is 17. The Labute approximate surface area is 482 Å². The third-order valence-electron chi connectivity index (χ3n) is 14.1. The van der Waals surface area contributed by atoms with Crippen LogP contribution in [-0.4, -0.2) is 101 Å². The lowest BCUT2D eigenvalue weighted by Crippen LogP contribution is -2.15. The van der Waals surface area contributed by atoms with Gasteiger partial charge in [0.2, 0.25) is 0 Å². The molecule has 8 aromatic heterocycles. The third kappa shape index (κ3) is 11.0. The second kappa shape index (κ2) is 24.1. The molecule has 1 aliphatic carbocycles. The van der Waals surface area contributed by atoms with Gasteiger partial charge in [0.1, 0.15) is 18.3 Å². The first-order valence-electron chi connectivity index (χ1n) is 26.3. The molecule has 22 heteroatoms. The molecule has 0 amide bonds. The maximum absolute atomic E-state index is 10.9. The van der Waals surface area contributed by atoms with Gasteiger partial charge in [0, 0.05) is 76.5 Å². The highest BCUT2D eigenvalue weighted by atomic mass is 32.1. The molecule has 1 aliphatic heterocycles. The predicted octanol–water partition coefficient (Wildman–Crippen LogP) is 10.9. The second-order valence-electron chi connectivity index (χ2n) is 19.6.